The number of rotatable bonds is 4. The maximum Gasteiger partial charge on any atom is 0.228 e. The summed E-state index contributed by atoms with van der Waals surface area (Å²) in [6.07, 6.45) is 4.38. The molecule has 1 aromatic heterocycles. The highest BCUT2D eigenvalue weighted by atomic mass is 16.1. The third kappa shape index (κ3) is 3.28. The van der Waals surface area contributed by atoms with Gasteiger partial charge in [0.15, 0.2) is 0 Å². The van der Waals surface area contributed by atoms with E-state index in [0.29, 0.717) is 13.1 Å². The fourth-order valence-electron chi connectivity index (χ4n) is 2.73. The maximum atomic E-state index is 12.4. The lowest BCUT2D eigenvalue weighted by molar-refractivity contribution is -0.122. The lowest BCUT2D eigenvalue weighted by Gasteiger charge is -2.25. The number of nitrogens with zero attached hydrogens (tertiary/aromatic N) is 1. The summed E-state index contributed by atoms with van der Waals surface area (Å²) in [7, 11) is 0. The van der Waals surface area contributed by atoms with Crippen molar-refractivity contribution in [2.24, 2.45) is 0 Å². The minimum Gasteiger partial charge on any atom is -0.355 e. The SMILES string of the molecule is O=C(NCCc1ccncc1)C1CNCc2ccccc21. The second kappa shape index (κ2) is 6.50. The molecule has 2 heterocycles. The Balaban J connectivity index is 1.59. The molecule has 0 aliphatic carbocycles. The van der Waals surface area contributed by atoms with Gasteiger partial charge in [-0.15, -0.1) is 0 Å². The molecule has 1 aliphatic rings. The molecule has 0 radical (unpaired) electrons. The fraction of sp³-hybridized carbons (Fsp3) is 0.294. The van der Waals surface area contributed by atoms with Gasteiger partial charge in [-0.05, 0) is 35.2 Å². The van der Waals surface area contributed by atoms with Crippen LogP contribution in [-0.4, -0.2) is 24.0 Å². The molecule has 1 unspecified atom stereocenters. The van der Waals surface area contributed by atoms with Gasteiger partial charge in [0.2, 0.25) is 5.91 Å². The van der Waals surface area contributed by atoms with Crippen molar-refractivity contribution in [3.8, 4) is 0 Å². The van der Waals surface area contributed by atoms with Gasteiger partial charge in [-0.3, -0.25) is 9.78 Å². The van der Waals surface area contributed by atoms with Gasteiger partial charge < -0.3 is 10.6 Å². The number of carbonyl (C=O) groups excluding carboxylic acids is 1. The normalized spacial score (nSPS) is 17.0. The average Bonchev–Trinajstić information content (AvgIpc) is 2.55. The predicted octanol–water partition coefficient (Wildman–Crippen LogP) is 1.63. The fourth-order valence-corrected chi connectivity index (χ4v) is 2.73. The number of nitrogens with one attached hydrogen (secondary N) is 2. The molecule has 108 valence electrons. The van der Waals surface area contributed by atoms with Crippen molar-refractivity contribution in [1.29, 1.82) is 0 Å². The number of hydrogen-bond acceptors (Lipinski definition) is 3. The molecular formula is C17H19N3O. The van der Waals surface area contributed by atoms with Gasteiger partial charge in [0.25, 0.3) is 0 Å². The summed E-state index contributed by atoms with van der Waals surface area (Å²) in [5, 5.41) is 6.35. The lowest BCUT2D eigenvalue weighted by Crippen LogP contribution is -2.39. The Hall–Kier alpha value is -2.20. The van der Waals surface area contributed by atoms with Crippen LogP contribution in [-0.2, 0) is 17.8 Å². The second-order valence-corrected chi connectivity index (χ2v) is 5.28. The Bertz CT molecular complexity index is 612. The molecule has 2 aromatic rings. The highest BCUT2D eigenvalue weighted by Gasteiger charge is 2.25. The van der Waals surface area contributed by atoms with Crippen LogP contribution in [0.5, 0.6) is 0 Å². The van der Waals surface area contributed by atoms with Crippen LogP contribution >= 0.6 is 0 Å². The summed E-state index contributed by atoms with van der Waals surface area (Å²) < 4.78 is 0. The topological polar surface area (TPSA) is 54.0 Å². The molecule has 2 N–H and O–H groups in total. The van der Waals surface area contributed by atoms with Gasteiger partial charge in [-0.25, -0.2) is 0 Å². The van der Waals surface area contributed by atoms with E-state index in [0.717, 1.165) is 18.5 Å². The van der Waals surface area contributed by atoms with Gasteiger partial charge in [0.1, 0.15) is 0 Å². The van der Waals surface area contributed by atoms with Crippen molar-refractivity contribution in [2.75, 3.05) is 13.1 Å². The van der Waals surface area contributed by atoms with Gasteiger partial charge in [-0.1, -0.05) is 24.3 Å². The van der Waals surface area contributed by atoms with E-state index in [4.69, 9.17) is 0 Å². The first-order chi connectivity index (χ1) is 10.3. The third-order valence-electron chi connectivity index (χ3n) is 3.87. The van der Waals surface area contributed by atoms with Gasteiger partial charge in [0, 0.05) is 32.0 Å². The van der Waals surface area contributed by atoms with E-state index in [9.17, 15) is 4.79 Å². The van der Waals surface area contributed by atoms with E-state index in [2.05, 4.69) is 27.8 Å². The zero-order chi connectivity index (χ0) is 14.5. The number of fused-ring (bicyclic) bond motifs is 1. The standard InChI is InChI=1S/C17H19N3O/c21-17(20-10-7-13-5-8-18-9-6-13)16-12-19-11-14-3-1-2-4-15(14)16/h1-6,8-9,16,19H,7,10-12H2,(H,20,21). The smallest absolute Gasteiger partial charge is 0.228 e. The Kier molecular flexibility index (Phi) is 4.26. The van der Waals surface area contributed by atoms with Crippen LogP contribution in [0.1, 0.15) is 22.6 Å². The van der Waals surface area contributed by atoms with Crippen molar-refractivity contribution in [3.05, 3.63) is 65.5 Å². The van der Waals surface area contributed by atoms with Crippen LogP contribution in [0, 0.1) is 0 Å². The van der Waals surface area contributed by atoms with Crippen molar-refractivity contribution in [2.45, 2.75) is 18.9 Å². The molecule has 1 amide bonds. The largest absolute Gasteiger partial charge is 0.355 e. The van der Waals surface area contributed by atoms with Gasteiger partial charge in [0.05, 0.1) is 5.92 Å². The predicted molar refractivity (Wildman–Crippen MR) is 81.8 cm³/mol. The molecular weight excluding hydrogens is 262 g/mol. The monoisotopic (exact) mass is 281 g/mol. The van der Waals surface area contributed by atoms with Crippen LogP contribution in [0.2, 0.25) is 0 Å². The van der Waals surface area contributed by atoms with Gasteiger partial charge >= 0.3 is 0 Å². The summed E-state index contributed by atoms with van der Waals surface area (Å²) in [5.74, 6) is 0.0103. The quantitative estimate of drug-likeness (QED) is 0.895. The molecule has 3 rings (SSSR count). The molecule has 0 saturated heterocycles. The third-order valence-corrected chi connectivity index (χ3v) is 3.87. The van der Waals surface area contributed by atoms with Crippen molar-refractivity contribution >= 4 is 5.91 Å². The second-order valence-electron chi connectivity index (χ2n) is 5.28. The number of aromatic nitrogens is 1. The van der Waals surface area contributed by atoms with Crippen molar-refractivity contribution in [1.82, 2.24) is 15.6 Å². The number of amides is 1. The lowest BCUT2D eigenvalue weighted by atomic mass is 9.90. The van der Waals surface area contributed by atoms with Crippen LogP contribution < -0.4 is 10.6 Å². The first-order valence-corrected chi connectivity index (χ1v) is 7.30. The highest BCUT2D eigenvalue weighted by molar-refractivity contribution is 5.84. The Labute approximate surface area is 124 Å². The highest BCUT2D eigenvalue weighted by Crippen LogP contribution is 2.23. The molecule has 0 saturated carbocycles. The number of pyridine rings is 1. The summed E-state index contributed by atoms with van der Waals surface area (Å²) in [6, 6.07) is 12.1. The zero-order valence-electron chi connectivity index (χ0n) is 11.9. The Morgan fingerprint density at radius 1 is 1.24 bits per heavy atom. The Morgan fingerprint density at radius 3 is 2.90 bits per heavy atom. The first kappa shape index (κ1) is 13.8. The molecule has 4 nitrogen and oxygen atoms in total. The van der Waals surface area contributed by atoms with Crippen molar-refractivity contribution < 1.29 is 4.79 Å². The average molecular weight is 281 g/mol. The van der Waals surface area contributed by atoms with Gasteiger partial charge in [-0.2, -0.15) is 0 Å². The number of benzene rings is 1. The molecule has 0 spiro atoms. The van der Waals surface area contributed by atoms with E-state index in [1.54, 1.807) is 12.4 Å². The summed E-state index contributed by atoms with van der Waals surface area (Å²) >= 11 is 0. The van der Waals surface area contributed by atoms with E-state index in [-0.39, 0.29) is 11.8 Å². The minimum atomic E-state index is -0.0904. The van der Waals surface area contributed by atoms with Crippen LogP contribution in [0.25, 0.3) is 0 Å². The van der Waals surface area contributed by atoms with E-state index in [1.165, 1.54) is 11.1 Å². The summed E-state index contributed by atoms with van der Waals surface area (Å²) in [5.41, 5.74) is 3.56. The molecule has 4 heteroatoms. The Morgan fingerprint density at radius 2 is 2.05 bits per heavy atom. The van der Waals surface area contributed by atoms with E-state index >= 15 is 0 Å². The van der Waals surface area contributed by atoms with Crippen LogP contribution in [0.15, 0.2) is 48.8 Å². The molecule has 0 fully saturated rings. The summed E-state index contributed by atoms with van der Waals surface area (Å²) in [6.45, 7) is 2.20. The van der Waals surface area contributed by atoms with Crippen LogP contribution in [0.4, 0.5) is 0 Å². The molecule has 1 aliphatic heterocycles. The first-order valence-electron chi connectivity index (χ1n) is 7.30. The zero-order valence-corrected chi connectivity index (χ0v) is 11.9. The maximum absolute atomic E-state index is 12.4. The molecule has 1 atom stereocenters. The van der Waals surface area contributed by atoms with Crippen LogP contribution in [0.3, 0.4) is 0 Å². The minimum absolute atomic E-state index is 0.0904. The summed E-state index contributed by atoms with van der Waals surface area (Å²) in [4.78, 5) is 16.4. The molecule has 1 aromatic carbocycles. The van der Waals surface area contributed by atoms with E-state index in [1.807, 2.05) is 24.3 Å². The van der Waals surface area contributed by atoms with E-state index < -0.39 is 0 Å². The van der Waals surface area contributed by atoms with Crippen molar-refractivity contribution in [3.63, 3.8) is 0 Å². The molecule has 21 heavy (non-hydrogen) atoms. The number of carbonyl (C=O) groups is 1. The number of hydrogen-bond donors (Lipinski definition) is 2. The molecule has 0 bridgehead atoms.